The molecule has 8 nitrogen and oxygen atoms in total. The number of hydrogen-bond donors (Lipinski definition) is 1. The summed E-state index contributed by atoms with van der Waals surface area (Å²) in [6.07, 6.45) is 3.64. The minimum Gasteiger partial charge on any atom is -0.339 e. The lowest BCUT2D eigenvalue weighted by Crippen LogP contribution is -2.35. The van der Waals surface area contributed by atoms with Crippen molar-refractivity contribution in [2.45, 2.75) is 12.8 Å². The molecule has 0 aliphatic heterocycles. The van der Waals surface area contributed by atoms with Crippen molar-refractivity contribution in [1.29, 1.82) is 0 Å². The molecule has 0 saturated heterocycles. The number of aryl methyl sites for hydroxylation is 1. The van der Waals surface area contributed by atoms with Gasteiger partial charge in [0, 0.05) is 37.8 Å². The fourth-order valence-corrected chi connectivity index (χ4v) is 2.97. The van der Waals surface area contributed by atoms with E-state index in [0.29, 0.717) is 27.4 Å². The van der Waals surface area contributed by atoms with Crippen molar-refractivity contribution in [2.24, 2.45) is 0 Å². The third-order valence-electron chi connectivity index (χ3n) is 3.99. The number of likely N-dealkylation sites (N-methyl/N-ethyl adjacent to an activating group) is 1. The Hall–Kier alpha value is -2.97. The third-order valence-corrected chi connectivity index (χ3v) is 4.62. The zero-order valence-corrected chi connectivity index (χ0v) is 16.9. The van der Waals surface area contributed by atoms with Gasteiger partial charge < -0.3 is 14.7 Å². The molecule has 3 aromatic rings. The number of carbonyl (C=O) groups excluding carboxylic acids is 2. The predicted molar refractivity (Wildman–Crippen MR) is 109 cm³/mol. The number of benzene rings is 1. The van der Waals surface area contributed by atoms with Gasteiger partial charge in [-0.05, 0) is 24.3 Å². The molecule has 10 heteroatoms. The van der Waals surface area contributed by atoms with Crippen molar-refractivity contribution >= 4 is 40.7 Å². The van der Waals surface area contributed by atoms with E-state index in [9.17, 15) is 9.59 Å². The van der Waals surface area contributed by atoms with Gasteiger partial charge in [-0.25, -0.2) is 0 Å². The lowest BCUT2D eigenvalue weighted by Gasteiger charge is -2.17. The van der Waals surface area contributed by atoms with Gasteiger partial charge in [-0.15, -0.1) is 0 Å². The fraction of sp³-hybridized carbons (Fsp3) is 0.211. The molecule has 3 rings (SSSR count). The summed E-state index contributed by atoms with van der Waals surface area (Å²) in [5.41, 5.74) is 1.09. The number of nitrogens with one attached hydrogen (secondary N) is 1. The van der Waals surface area contributed by atoms with Gasteiger partial charge in [0.05, 0.1) is 22.3 Å². The Balaban J connectivity index is 1.50. The van der Waals surface area contributed by atoms with E-state index < -0.39 is 5.91 Å². The van der Waals surface area contributed by atoms with Crippen LogP contribution in [0.2, 0.25) is 10.0 Å². The van der Waals surface area contributed by atoms with Crippen LogP contribution in [0.4, 0.5) is 5.69 Å². The molecule has 1 aromatic carbocycles. The van der Waals surface area contributed by atoms with Crippen LogP contribution in [-0.2, 0) is 16.0 Å². The molecule has 0 atom stereocenters. The highest BCUT2D eigenvalue weighted by Crippen LogP contribution is 2.29. The molecule has 0 bridgehead atoms. The van der Waals surface area contributed by atoms with Gasteiger partial charge in [0.1, 0.15) is 0 Å². The van der Waals surface area contributed by atoms with Crippen LogP contribution in [-0.4, -0.2) is 45.4 Å². The summed E-state index contributed by atoms with van der Waals surface area (Å²) in [6.45, 7) is -0.146. The van der Waals surface area contributed by atoms with E-state index in [1.807, 2.05) is 0 Å². The van der Waals surface area contributed by atoms with Crippen LogP contribution >= 0.6 is 23.2 Å². The second-order valence-corrected chi connectivity index (χ2v) is 6.96. The van der Waals surface area contributed by atoms with E-state index >= 15 is 0 Å². The number of nitrogens with zero attached hydrogens (tertiary/aromatic N) is 4. The van der Waals surface area contributed by atoms with Gasteiger partial charge in [0.15, 0.2) is 0 Å². The number of pyridine rings is 1. The molecule has 0 spiro atoms. The minimum atomic E-state index is -0.409. The highest BCUT2D eigenvalue weighted by atomic mass is 35.5. The standard InChI is InChI=1S/C19H17Cl2N5O3/c1-26(11-15(27)23-18-13(20)3-2-4-14(18)21)17(28)6-5-16-24-19(25-29-16)12-7-9-22-10-8-12/h2-4,7-10H,5-6,11H2,1H3,(H,23,27). The van der Waals surface area contributed by atoms with E-state index in [2.05, 4.69) is 20.4 Å². The number of halogens is 2. The molecule has 29 heavy (non-hydrogen) atoms. The summed E-state index contributed by atoms with van der Waals surface area (Å²) in [4.78, 5) is 34.0. The van der Waals surface area contributed by atoms with Crippen molar-refractivity contribution < 1.29 is 14.1 Å². The lowest BCUT2D eigenvalue weighted by molar-refractivity contribution is -0.133. The van der Waals surface area contributed by atoms with Crippen LogP contribution in [0, 0.1) is 0 Å². The van der Waals surface area contributed by atoms with Crippen LogP contribution in [0.3, 0.4) is 0 Å². The number of aromatic nitrogens is 3. The molecule has 2 aromatic heterocycles. The maximum absolute atomic E-state index is 12.3. The SMILES string of the molecule is CN(CC(=O)Nc1c(Cl)cccc1Cl)C(=O)CCc1nc(-c2ccncc2)no1. The summed E-state index contributed by atoms with van der Waals surface area (Å²) < 4.78 is 5.17. The molecule has 0 radical (unpaired) electrons. The number of carbonyl (C=O) groups is 2. The summed E-state index contributed by atoms with van der Waals surface area (Å²) in [5, 5.41) is 7.15. The maximum Gasteiger partial charge on any atom is 0.244 e. The Kier molecular flexibility index (Phi) is 6.79. The Bertz CT molecular complexity index is 990. The Labute approximate surface area is 176 Å². The molecule has 0 aliphatic rings. The first-order valence-electron chi connectivity index (χ1n) is 8.65. The molecule has 0 saturated carbocycles. The Morgan fingerprint density at radius 2 is 1.83 bits per heavy atom. The van der Waals surface area contributed by atoms with Crippen molar-refractivity contribution in [2.75, 3.05) is 18.9 Å². The third kappa shape index (κ3) is 5.52. The van der Waals surface area contributed by atoms with Crippen LogP contribution in [0.25, 0.3) is 11.4 Å². The number of hydrogen-bond acceptors (Lipinski definition) is 6. The first-order valence-corrected chi connectivity index (χ1v) is 9.40. The van der Waals surface area contributed by atoms with Crippen molar-refractivity contribution in [1.82, 2.24) is 20.0 Å². The maximum atomic E-state index is 12.3. The molecule has 1 N–H and O–H groups in total. The quantitative estimate of drug-likeness (QED) is 0.611. The summed E-state index contributed by atoms with van der Waals surface area (Å²) in [7, 11) is 1.53. The first kappa shape index (κ1) is 20.8. The van der Waals surface area contributed by atoms with E-state index in [4.69, 9.17) is 27.7 Å². The van der Waals surface area contributed by atoms with Gasteiger partial charge in [-0.2, -0.15) is 4.98 Å². The van der Waals surface area contributed by atoms with Crippen molar-refractivity contribution in [3.05, 3.63) is 58.7 Å². The summed E-state index contributed by atoms with van der Waals surface area (Å²) in [6, 6.07) is 8.42. The molecule has 0 unspecified atom stereocenters. The van der Waals surface area contributed by atoms with Gasteiger partial charge in [0.2, 0.25) is 23.5 Å². The molecular formula is C19H17Cl2N5O3. The van der Waals surface area contributed by atoms with Gasteiger partial charge in [-0.3, -0.25) is 14.6 Å². The molecular weight excluding hydrogens is 417 g/mol. The van der Waals surface area contributed by atoms with Gasteiger partial charge >= 0.3 is 0 Å². The van der Waals surface area contributed by atoms with Crippen LogP contribution in [0.5, 0.6) is 0 Å². The average molecular weight is 434 g/mol. The topological polar surface area (TPSA) is 101 Å². The number of amides is 2. The minimum absolute atomic E-state index is 0.120. The first-order chi connectivity index (χ1) is 13.9. The van der Waals surface area contributed by atoms with E-state index in [1.165, 1.54) is 11.9 Å². The lowest BCUT2D eigenvalue weighted by atomic mass is 10.2. The molecule has 2 amide bonds. The molecule has 0 aliphatic carbocycles. The molecule has 2 heterocycles. The largest absolute Gasteiger partial charge is 0.339 e. The predicted octanol–water partition coefficient (Wildman–Crippen LogP) is 3.47. The van der Waals surface area contributed by atoms with Crippen molar-refractivity contribution in [3.8, 4) is 11.4 Å². The summed E-state index contributed by atoms with van der Waals surface area (Å²) in [5.74, 6) is 0.118. The second-order valence-electron chi connectivity index (χ2n) is 6.14. The molecule has 0 fully saturated rings. The van der Waals surface area contributed by atoms with E-state index in [-0.39, 0.29) is 25.3 Å². The van der Waals surface area contributed by atoms with Crippen LogP contribution in [0.1, 0.15) is 12.3 Å². The fourth-order valence-electron chi connectivity index (χ4n) is 2.48. The van der Waals surface area contributed by atoms with Crippen LogP contribution < -0.4 is 5.32 Å². The normalized spacial score (nSPS) is 10.6. The monoisotopic (exact) mass is 433 g/mol. The number of rotatable bonds is 7. The van der Waals surface area contributed by atoms with E-state index in [0.717, 1.165) is 5.56 Å². The second kappa shape index (κ2) is 9.49. The Morgan fingerprint density at radius 3 is 2.52 bits per heavy atom. The highest BCUT2D eigenvalue weighted by molar-refractivity contribution is 6.39. The Morgan fingerprint density at radius 1 is 1.14 bits per heavy atom. The smallest absolute Gasteiger partial charge is 0.244 e. The number of para-hydroxylation sites is 1. The number of anilines is 1. The summed E-state index contributed by atoms with van der Waals surface area (Å²) >= 11 is 12.1. The zero-order chi connectivity index (χ0) is 20.8. The van der Waals surface area contributed by atoms with Crippen molar-refractivity contribution in [3.63, 3.8) is 0 Å². The van der Waals surface area contributed by atoms with Gasteiger partial charge in [0.25, 0.3) is 0 Å². The average Bonchev–Trinajstić information content (AvgIpc) is 3.19. The highest BCUT2D eigenvalue weighted by Gasteiger charge is 2.17. The van der Waals surface area contributed by atoms with Crippen LogP contribution in [0.15, 0.2) is 47.2 Å². The van der Waals surface area contributed by atoms with Gasteiger partial charge in [-0.1, -0.05) is 34.4 Å². The zero-order valence-electron chi connectivity index (χ0n) is 15.4. The van der Waals surface area contributed by atoms with E-state index in [1.54, 1.807) is 42.7 Å². The molecule has 150 valence electrons.